The zero-order valence-corrected chi connectivity index (χ0v) is 17.2. The fourth-order valence-electron chi connectivity index (χ4n) is 3.92. The first-order valence-electron chi connectivity index (χ1n) is 10.3. The van der Waals surface area contributed by atoms with Gasteiger partial charge in [-0.1, -0.05) is 42.5 Å². The van der Waals surface area contributed by atoms with E-state index in [0.29, 0.717) is 0 Å². The van der Waals surface area contributed by atoms with E-state index in [1.165, 1.54) is 35.5 Å². The van der Waals surface area contributed by atoms with Crippen molar-refractivity contribution in [3.63, 3.8) is 0 Å². The normalized spacial score (nSPS) is 15.1. The smallest absolute Gasteiger partial charge is 0.123 e. The molecule has 0 atom stereocenters. The Hall–Kier alpha value is -2.98. The molecule has 0 unspecified atom stereocenters. The molecule has 0 aromatic heterocycles. The van der Waals surface area contributed by atoms with Crippen LogP contribution in [0.15, 0.2) is 72.8 Å². The van der Waals surface area contributed by atoms with Gasteiger partial charge in [0.2, 0.25) is 0 Å². The Balaban J connectivity index is 1.33. The van der Waals surface area contributed by atoms with Gasteiger partial charge in [0.1, 0.15) is 11.6 Å². The van der Waals surface area contributed by atoms with Crippen molar-refractivity contribution in [1.29, 1.82) is 0 Å². The highest BCUT2D eigenvalue weighted by Crippen LogP contribution is 2.28. The summed E-state index contributed by atoms with van der Waals surface area (Å²) in [4.78, 5) is 4.86. The molecular formula is C26H26F2N2. The number of aryl methyl sites for hydroxylation is 1. The standard InChI is InChI=1S/C26H26F2N2/c1-20-19-23(22-6-11-25(28)12-7-22)8-13-26(20)30-17-15-29(16-18-30)14-2-3-21-4-9-24(27)10-5-21/h2-13,19H,14-18H2,1H3/b3-2+. The Morgan fingerprint density at radius 1 is 0.767 bits per heavy atom. The summed E-state index contributed by atoms with van der Waals surface area (Å²) in [5.74, 6) is -0.415. The lowest BCUT2D eigenvalue weighted by atomic mass is 10.0. The lowest BCUT2D eigenvalue weighted by Crippen LogP contribution is -2.46. The van der Waals surface area contributed by atoms with Crippen molar-refractivity contribution in [2.75, 3.05) is 37.6 Å². The molecule has 0 spiro atoms. The fraction of sp³-hybridized carbons (Fsp3) is 0.231. The predicted octanol–water partition coefficient (Wildman–Crippen LogP) is 5.78. The summed E-state index contributed by atoms with van der Waals surface area (Å²) in [5, 5.41) is 0. The molecule has 4 rings (SSSR count). The summed E-state index contributed by atoms with van der Waals surface area (Å²) >= 11 is 0. The van der Waals surface area contributed by atoms with Crippen LogP contribution < -0.4 is 4.90 Å². The molecule has 4 heteroatoms. The number of anilines is 1. The maximum atomic E-state index is 13.2. The van der Waals surface area contributed by atoms with Crippen LogP contribution in [0.2, 0.25) is 0 Å². The van der Waals surface area contributed by atoms with Crippen molar-refractivity contribution in [1.82, 2.24) is 4.90 Å². The van der Waals surface area contributed by atoms with Gasteiger partial charge in [0, 0.05) is 38.4 Å². The zero-order valence-electron chi connectivity index (χ0n) is 17.2. The van der Waals surface area contributed by atoms with Gasteiger partial charge in [-0.25, -0.2) is 8.78 Å². The number of benzene rings is 3. The minimum absolute atomic E-state index is 0.204. The van der Waals surface area contributed by atoms with E-state index >= 15 is 0 Å². The predicted molar refractivity (Wildman–Crippen MR) is 121 cm³/mol. The highest BCUT2D eigenvalue weighted by molar-refractivity contribution is 5.69. The topological polar surface area (TPSA) is 6.48 Å². The molecular weight excluding hydrogens is 378 g/mol. The van der Waals surface area contributed by atoms with Crippen molar-refractivity contribution in [3.8, 4) is 11.1 Å². The van der Waals surface area contributed by atoms with E-state index < -0.39 is 0 Å². The number of hydrogen-bond donors (Lipinski definition) is 0. The van der Waals surface area contributed by atoms with Gasteiger partial charge in [-0.15, -0.1) is 0 Å². The first-order chi connectivity index (χ1) is 14.6. The van der Waals surface area contributed by atoms with Crippen LogP contribution in [0.3, 0.4) is 0 Å². The summed E-state index contributed by atoms with van der Waals surface area (Å²) in [6.07, 6.45) is 4.19. The van der Waals surface area contributed by atoms with E-state index in [2.05, 4.69) is 41.0 Å². The van der Waals surface area contributed by atoms with E-state index in [1.807, 2.05) is 18.2 Å². The van der Waals surface area contributed by atoms with Crippen LogP contribution in [0.4, 0.5) is 14.5 Å². The molecule has 0 amide bonds. The second kappa shape index (κ2) is 9.23. The molecule has 0 N–H and O–H groups in total. The highest BCUT2D eigenvalue weighted by atomic mass is 19.1. The second-order valence-electron chi connectivity index (χ2n) is 7.75. The third-order valence-corrected chi connectivity index (χ3v) is 5.63. The molecule has 30 heavy (non-hydrogen) atoms. The molecule has 2 nitrogen and oxygen atoms in total. The van der Waals surface area contributed by atoms with Gasteiger partial charge in [0.15, 0.2) is 0 Å². The van der Waals surface area contributed by atoms with Crippen LogP contribution in [0.25, 0.3) is 17.2 Å². The van der Waals surface area contributed by atoms with E-state index in [4.69, 9.17) is 0 Å². The Labute approximate surface area is 177 Å². The van der Waals surface area contributed by atoms with E-state index in [0.717, 1.165) is 49.4 Å². The summed E-state index contributed by atoms with van der Waals surface area (Å²) in [6.45, 7) is 7.02. The average Bonchev–Trinajstić information content (AvgIpc) is 2.76. The quantitative estimate of drug-likeness (QED) is 0.532. The minimum atomic E-state index is -0.211. The molecule has 154 valence electrons. The largest absolute Gasteiger partial charge is 0.369 e. The average molecular weight is 405 g/mol. The summed E-state index contributed by atoms with van der Waals surface area (Å²) in [5.41, 5.74) is 5.67. The van der Waals surface area contributed by atoms with Crippen LogP contribution >= 0.6 is 0 Å². The summed E-state index contributed by atoms with van der Waals surface area (Å²) in [6, 6.07) is 19.7. The third-order valence-electron chi connectivity index (χ3n) is 5.63. The molecule has 0 radical (unpaired) electrons. The number of piperazine rings is 1. The van der Waals surface area contributed by atoms with Gasteiger partial charge >= 0.3 is 0 Å². The van der Waals surface area contributed by atoms with Crippen molar-refractivity contribution >= 4 is 11.8 Å². The third kappa shape index (κ3) is 4.95. The molecule has 0 aliphatic carbocycles. The lowest BCUT2D eigenvalue weighted by molar-refractivity contribution is 0.284. The Kier molecular flexibility index (Phi) is 6.24. The van der Waals surface area contributed by atoms with Gasteiger partial charge in [-0.3, -0.25) is 4.90 Å². The molecule has 1 saturated heterocycles. The van der Waals surface area contributed by atoms with Gasteiger partial charge < -0.3 is 4.90 Å². The molecule has 1 heterocycles. The van der Waals surface area contributed by atoms with Crippen LogP contribution in [-0.4, -0.2) is 37.6 Å². The van der Waals surface area contributed by atoms with Gasteiger partial charge in [-0.2, -0.15) is 0 Å². The summed E-state index contributed by atoms with van der Waals surface area (Å²) in [7, 11) is 0. The second-order valence-corrected chi connectivity index (χ2v) is 7.75. The first-order valence-corrected chi connectivity index (χ1v) is 10.3. The van der Waals surface area contributed by atoms with Crippen LogP contribution in [0.1, 0.15) is 11.1 Å². The SMILES string of the molecule is Cc1cc(-c2ccc(F)cc2)ccc1N1CCN(C/C=C/c2ccc(F)cc2)CC1. The minimum Gasteiger partial charge on any atom is -0.369 e. The van der Waals surface area contributed by atoms with E-state index in [1.54, 1.807) is 12.1 Å². The molecule has 3 aromatic rings. The Morgan fingerprint density at radius 2 is 1.37 bits per heavy atom. The summed E-state index contributed by atoms with van der Waals surface area (Å²) < 4.78 is 26.1. The van der Waals surface area contributed by atoms with E-state index in [-0.39, 0.29) is 11.6 Å². The lowest BCUT2D eigenvalue weighted by Gasteiger charge is -2.36. The fourth-order valence-corrected chi connectivity index (χ4v) is 3.92. The van der Waals surface area contributed by atoms with Crippen LogP contribution in [0, 0.1) is 18.6 Å². The number of halogens is 2. The van der Waals surface area contributed by atoms with Crippen molar-refractivity contribution in [2.24, 2.45) is 0 Å². The first kappa shape index (κ1) is 20.3. The Bertz CT molecular complexity index is 1000. The van der Waals surface area contributed by atoms with Crippen molar-refractivity contribution in [2.45, 2.75) is 6.92 Å². The number of rotatable bonds is 5. The van der Waals surface area contributed by atoms with Crippen LogP contribution in [0.5, 0.6) is 0 Å². The molecule has 0 saturated carbocycles. The van der Waals surface area contributed by atoms with Crippen LogP contribution in [-0.2, 0) is 0 Å². The van der Waals surface area contributed by atoms with Crippen molar-refractivity contribution < 1.29 is 8.78 Å². The molecule has 3 aromatic carbocycles. The molecule has 1 fully saturated rings. The molecule has 0 bridgehead atoms. The van der Waals surface area contributed by atoms with Gasteiger partial charge in [0.25, 0.3) is 0 Å². The van der Waals surface area contributed by atoms with Gasteiger partial charge in [-0.05, 0) is 65.6 Å². The zero-order chi connectivity index (χ0) is 20.9. The molecule has 1 aliphatic heterocycles. The maximum Gasteiger partial charge on any atom is 0.123 e. The number of hydrogen-bond acceptors (Lipinski definition) is 2. The van der Waals surface area contributed by atoms with Crippen molar-refractivity contribution in [3.05, 3.63) is 95.6 Å². The Morgan fingerprint density at radius 3 is 2.00 bits per heavy atom. The monoisotopic (exact) mass is 404 g/mol. The van der Waals surface area contributed by atoms with Gasteiger partial charge in [0.05, 0.1) is 0 Å². The highest BCUT2D eigenvalue weighted by Gasteiger charge is 2.17. The van der Waals surface area contributed by atoms with E-state index in [9.17, 15) is 8.78 Å². The maximum absolute atomic E-state index is 13.2. The number of nitrogens with zero attached hydrogens (tertiary/aromatic N) is 2. The molecule has 1 aliphatic rings.